The highest BCUT2D eigenvalue weighted by atomic mass is 16.6. The van der Waals surface area contributed by atoms with Crippen LogP contribution < -0.4 is 0 Å². The number of carboxylic acid groups (broad SMARTS) is 1. The Morgan fingerprint density at radius 3 is 2.30 bits per heavy atom. The number of carbonyl (C=O) groups excluding carboxylic acids is 4. The van der Waals surface area contributed by atoms with E-state index in [9.17, 15) is 34.2 Å². The molecule has 47 heavy (non-hydrogen) atoms. The number of ether oxygens (including phenoxy) is 3. The number of hydrogen-bond acceptors (Lipinski definition) is 10. The lowest BCUT2D eigenvalue weighted by Gasteiger charge is -2.61. The topological polar surface area (TPSA) is 174 Å². The molecule has 0 radical (unpaired) electrons. The number of esters is 1. The molecule has 0 saturated heterocycles. The molecule has 5 rings (SSSR count). The molecule has 2 heterocycles. The summed E-state index contributed by atoms with van der Waals surface area (Å²) in [5.74, 6) is -3.15. The molecule has 2 aliphatic heterocycles. The van der Waals surface area contributed by atoms with Gasteiger partial charge < -0.3 is 29.5 Å². The van der Waals surface area contributed by atoms with Crippen molar-refractivity contribution < 1.29 is 53.5 Å². The van der Waals surface area contributed by atoms with E-state index in [4.69, 9.17) is 19.3 Å². The number of ketones is 3. The molecule has 0 amide bonds. The first kappa shape index (κ1) is 35.2. The van der Waals surface area contributed by atoms with Crippen molar-refractivity contribution in [3.63, 3.8) is 0 Å². The lowest BCUT2D eigenvalue weighted by Crippen LogP contribution is -2.61. The van der Waals surface area contributed by atoms with E-state index in [1.165, 1.54) is 13.0 Å². The minimum Gasteiger partial charge on any atom is -0.481 e. The largest absolute Gasteiger partial charge is 0.481 e. The van der Waals surface area contributed by atoms with Crippen molar-refractivity contribution in [1.29, 1.82) is 0 Å². The maximum atomic E-state index is 13.9. The molecule has 0 bridgehead atoms. The Bertz CT molecular complexity index is 1480. The Kier molecular flexibility index (Phi) is 8.59. The number of rotatable bonds is 8. The smallest absolute Gasteiger partial charge is 0.309 e. The zero-order valence-electron chi connectivity index (χ0n) is 28.4. The van der Waals surface area contributed by atoms with Gasteiger partial charge in [-0.15, -0.1) is 0 Å². The molecule has 3 aliphatic carbocycles. The molecule has 3 N–H and O–H groups in total. The number of hydrogen-bond donors (Lipinski definition) is 3. The molecule has 11 heteroatoms. The van der Waals surface area contributed by atoms with Crippen LogP contribution in [0.15, 0.2) is 35.6 Å². The highest BCUT2D eigenvalue weighted by Gasteiger charge is 2.68. The van der Waals surface area contributed by atoms with Gasteiger partial charge in [-0.1, -0.05) is 40.3 Å². The summed E-state index contributed by atoms with van der Waals surface area (Å²) < 4.78 is 17.5. The van der Waals surface area contributed by atoms with E-state index in [-0.39, 0.29) is 42.0 Å². The van der Waals surface area contributed by atoms with E-state index >= 15 is 0 Å². The fourth-order valence-corrected chi connectivity index (χ4v) is 9.65. The van der Waals surface area contributed by atoms with Crippen LogP contribution in [0.4, 0.5) is 0 Å². The summed E-state index contributed by atoms with van der Waals surface area (Å²) in [5.41, 5.74) is -3.95. The third-order valence-electron chi connectivity index (χ3n) is 11.9. The van der Waals surface area contributed by atoms with Gasteiger partial charge in [0.2, 0.25) is 5.78 Å². The molecule has 258 valence electrons. The summed E-state index contributed by atoms with van der Waals surface area (Å²) in [6.45, 7) is 16.5. The number of carbonyl (C=O) groups is 5. The minimum absolute atomic E-state index is 0.0206. The first-order valence-corrected chi connectivity index (χ1v) is 16.4. The summed E-state index contributed by atoms with van der Waals surface area (Å²) in [6.07, 6.45) is 0.912. The Morgan fingerprint density at radius 1 is 1.06 bits per heavy atom. The molecular weight excluding hydrogens is 608 g/mol. The third kappa shape index (κ3) is 5.93. The van der Waals surface area contributed by atoms with Gasteiger partial charge in [0.25, 0.3) is 0 Å². The number of fused-ring (bicyclic) bond motifs is 3. The van der Waals surface area contributed by atoms with Gasteiger partial charge >= 0.3 is 11.9 Å². The number of aliphatic carboxylic acids is 1. The van der Waals surface area contributed by atoms with Crippen molar-refractivity contribution in [3.05, 3.63) is 35.6 Å². The van der Waals surface area contributed by atoms with Crippen molar-refractivity contribution in [2.75, 3.05) is 0 Å². The maximum Gasteiger partial charge on any atom is 0.309 e. The Morgan fingerprint density at radius 2 is 1.72 bits per heavy atom. The van der Waals surface area contributed by atoms with E-state index in [1.54, 1.807) is 13.8 Å². The van der Waals surface area contributed by atoms with Gasteiger partial charge in [0, 0.05) is 29.4 Å². The van der Waals surface area contributed by atoms with Crippen LogP contribution in [0, 0.1) is 34.0 Å². The van der Waals surface area contributed by atoms with Crippen LogP contribution in [0.25, 0.3) is 0 Å². The van der Waals surface area contributed by atoms with Gasteiger partial charge in [-0.2, -0.15) is 0 Å². The molecule has 3 saturated carbocycles. The van der Waals surface area contributed by atoms with Crippen LogP contribution >= 0.6 is 0 Å². The van der Waals surface area contributed by atoms with Crippen LogP contribution in [0.5, 0.6) is 0 Å². The summed E-state index contributed by atoms with van der Waals surface area (Å²) in [5, 5.41) is 30.8. The highest BCUT2D eigenvalue weighted by Crippen LogP contribution is 2.69. The van der Waals surface area contributed by atoms with Crippen molar-refractivity contribution in [2.24, 2.45) is 34.0 Å². The fourth-order valence-electron chi connectivity index (χ4n) is 9.65. The Hall–Kier alpha value is -3.15. The fraction of sp³-hybridized carbons (Fsp3) is 0.694. The number of aliphatic hydroxyl groups excluding tert-OH is 1. The first-order chi connectivity index (χ1) is 21.5. The van der Waals surface area contributed by atoms with Gasteiger partial charge in [-0.25, -0.2) is 0 Å². The van der Waals surface area contributed by atoms with Crippen LogP contribution in [0.1, 0.15) is 93.4 Å². The number of aliphatic hydroxyl groups is 2. The van der Waals surface area contributed by atoms with Crippen molar-refractivity contribution >= 4 is 29.3 Å². The van der Waals surface area contributed by atoms with E-state index in [0.29, 0.717) is 36.2 Å². The monoisotopic (exact) mass is 656 g/mol. The van der Waals surface area contributed by atoms with Crippen molar-refractivity contribution in [1.82, 2.24) is 0 Å². The first-order valence-electron chi connectivity index (χ1n) is 16.4. The standard InChI is InChI=1S/C36H48O11/c1-18(22-14-26(38)33(4,5)47-22)21-10-9-19(31(43)46-21)29-20(37)13-25-35(29,7)12-11-24-32(2,3)30(42)23(15-36(24,25)8)45-28(41)17-34(6,44)16-27(39)40/h9,14,21,23-25,29,31,43-44H,1,10-13,15-17H2,2-8H3,(H,39,40)/t21-,23+,24-,25+,29+,31+,34?,35+,36-/m1/s1. The highest BCUT2D eigenvalue weighted by molar-refractivity contribution is 5.99. The van der Waals surface area contributed by atoms with Crippen LogP contribution in [0.2, 0.25) is 0 Å². The van der Waals surface area contributed by atoms with Crippen LogP contribution in [-0.4, -0.2) is 74.3 Å². The molecule has 9 atom stereocenters. The SMILES string of the molecule is C=C(C1=CC(=O)C(C)(C)O1)[C@H]1CC=C([C@H]2C(=O)C[C@@H]3[C@]4(C)C[C@H](OC(=O)CC(C)(O)CC(=O)O)C(=O)C(C)(C)[C@H]4CC[C@]23C)[C@@H](O)O1. The van der Waals surface area contributed by atoms with E-state index in [0.717, 1.165) is 0 Å². The quantitative estimate of drug-likeness (QED) is 0.255. The predicted octanol–water partition coefficient (Wildman–Crippen LogP) is 3.99. The molecule has 0 spiro atoms. The molecule has 5 aliphatic rings. The average Bonchev–Trinajstić information content (AvgIpc) is 3.36. The summed E-state index contributed by atoms with van der Waals surface area (Å²) in [4.78, 5) is 64.0. The second-order valence-electron chi connectivity index (χ2n) is 16.2. The molecule has 0 aromatic heterocycles. The van der Waals surface area contributed by atoms with Gasteiger partial charge in [0.15, 0.2) is 23.8 Å². The number of Topliss-reactive ketones (excluding diaryl/α,β-unsaturated/α-hetero) is 2. The Labute approximate surface area is 275 Å². The van der Waals surface area contributed by atoms with E-state index < -0.39 is 76.6 Å². The Balaban J connectivity index is 1.38. The van der Waals surface area contributed by atoms with E-state index in [1.807, 2.05) is 19.9 Å². The summed E-state index contributed by atoms with van der Waals surface area (Å²) >= 11 is 0. The van der Waals surface area contributed by atoms with Crippen molar-refractivity contribution in [2.45, 2.75) is 123 Å². The van der Waals surface area contributed by atoms with Gasteiger partial charge in [-0.3, -0.25) is 24.0 Å². The zero-order chi connectivity index (χ0) is 35.1. The lowest BCUT2D eigenvalue weighted by atomic mass is 9.42. The molecular formula is C36H48O11. The normalized spacial score (nSPS) is 38.7. The third-order valence-corrected chi connectivity index (χ3v) is 11.9. The molecule has 3 fully saturated rings. The molecule has 0 aromatic rings. The van der Waals surface area contributed by atoms with Crippen LogP contribution in [0.3, 0.4) is 0 Å². The van der Waals surface area contributed by atoms with E-state index in [2.05, 4.69) is 20.4 Å². The van der Waals surface area contributed by atoms with Crippen molar-refractivity contribution in [3.8, 4) is 0 Å². The minimum atomic E-state index is -1.84. The second kappa shape index (κ2) is 11.5. The predicted molar refractivity (Wildman–Crippen MR) is 167 cm³/mol. The molecule has 0 aromatic carbocycles. The zero-order valence-corrected chi connectivity index (χ0v) is 28.4. The maximum absolute atomic E-state index is 13.9. The summed E-state index contributed by atoms with van der Waals surface area (Å²) in [6, 6.07) is 0. The lowest BCUT2D eigenvalue weighted by molar-refractivity contribution is -0.189. The van der Waals surface area contributed by atoms with Gasteiger partial charge in [0.05, 0.1) is 24.5 Å². The van der Waals surface area contributed by atoms with Gasteiger partial charge in [0.1, 0.15) is 11.5 Å². The summed E-state index contributed by atoms with van der Waals surface area (Å²) in [7, 11) is 0. The van der Waals surface area contributed by atoms with Crippen LogP contribution in [-0.2, 0) is 38.2 Å². The average molecular weight is 657 g/mol. The van der Waals surface area contributed by atoms with Gasteiger partial charge in [-0.05, 0) is 74.7 Å². The number of carboxylic acids is 1. The molecule has 11 nitrogen and oxygen atoms in total. The second-order valence-corrected chi connectivity index (χ2v) is 16.2. The molecule has 1 unspecified atom stereocenters.